The first-order valence-corrected chi connectivity index (χ1v) is 14.8. The zero-order valence-electron chi connectivity index (χ0n) is 24.3. The quantitative estimate of drug-likeness (QED) is 0.0668. The number of hydrogen-bond acceptors (Lipinski definition) is 15. The molecule has 10 atom stereocenters. The van der Waals surface area contributed by atoms with E-state index in [2.05, 4.69) is 0 Å². The van der Waals surface area contributed by atoms with Crippen molar-refractivity contribution in [2.24, 2.45) is 0 Å². The van der Waals surface area contributed by atoms with Crippen molar-refractivity contribution in [1.29, 1.82) is 0 Å². The molecule has 3 aliphatic rings. The van der Waals surface area contributed by atoms with Gasteiger partial charge in [0.25, 0.3) is 11.8 Å². The standard InChI is InChI=1S/C27H46N2O14/c1-15-21(34)24(37)26(39)27(41-15)40-13-12-28(11-5-6-16-22(35)25(38)23(36)17(14-30)42-16)10-4-2-3-7-20(33)43-29-18(31)8-9-19(29)32/h15-17,21-27,30,34-39H,2-14H2,1H3/t15-,16+,17+,21+,22+,23+,24+,25+,26-,27+/m0/s1. The second-order valence-electron chi connectivity index (χ2n) is 11.3. The number of amides is 2. The molecule has 3 aliphatic heterocycles. The van der Waals surface area contributed by atoms with Gasteiger partial charge in [-0.15, -0.1) is 5.06 Å². The van der Waals surface area contributed by atoms with Crippen LogP contribution >= 0.6 is 0 Å². The highest BCUT2D eigenvalue weighted by Crippen LogP contribution is 2.25. The Morgan fingerprint density at radius 2 is 1.44 bits per heavy atom. The molecule has 16 heteroatoms. The van der Waals surface area contributed by atoms with E-state index in [1.165, 1.54) is 0 Å². The zero-order valence-corrected chi connectivity index (χ0v) is 24.3. The molecule has 16 nitrogen and oxygen atoms in total. The van der Waals surface area contributed by atoms with Crippen LogP contribution in [0.3, 0.4) is 0 Å². The lowest BCUT2D eigenvalue weighted by molar-refractivity contribution is -0.293. The third-order valence-electron chi connectivity index (χ3n) is 8.01. The first-order valence-electron chi connectivity index (χ1n) is 14.8. The number of nitrogens with zero attached hydrogens (tertiary/aromatic N) is 2. The Kier molecular flexibility index (Phi) is 14.1. The predicted octanol–water partition coefficient (Wildman–Crippen LogP) is -3.08. The molecule has 0 unspecified atom stereocenters. The number of hydrogen-bond donors (Lipinski definition) is 7. The SMILES string of the molecule is C[C@@H]1O[C@@H](OCCN(CCCCCC(=O)ON2C(=O)CCC2=O)CCC[C@H]2O[C@H](CO)[C@@H](O)[C@H](O)[C@@H]2O)[C@@H](O)[C@H](O)[C@@H]1O. The number of imide groups is 1. The number of aliphatic hydroxyl groups is 7. The highest BCUT2D eigenvalue weighted by atomic mass is 16.7. The molecule has 0 bridgehead atoms. The lowest BCUT2D eigenvalue weighted by Gasteiger charge is -2.40. The lowest BCUT2D eigenvalue weighted by atomic mass is 9.93. The first-order chi connectivity index (χ1) is 20.4. The van der Waals surface area contributed by atoms with Gasteiger partial charge in [-0.3, -0.25) is 9.59 Å². The number of unbranched alkanes of at least 4 members (excludes halogenated alkanes) is 2. The number of rotatable bonds is 16. The largest absolute Gasteiger partial charge is 0.394 e. The Balaban J connectivity index is 1.45. The number of ether oxygens (including phenoxy) is 3. The van der Waals surface area contributed by atoms with Crippen LogP contribution in [-0.2, 0) is 33.4 Å². The molecule has 3 fully saturated rings. The summed E-state index contributed by atoms with van der Waals surface area (Å²) in [6.07, 6.45) is -9.30. The minimum absolute atomic E-state index is 0.0233. The van der Waals surface area contributed by atoms with Crippen LogP contribution < -0.4 is 0 Å². The molecule has 7 N–H and O–H groups in total. The van der Waals surface area contributed by atoms with Gasteiger partial charge in [-0.05, 0) is 45.7 Å². The Morgan fingerprint density at radius 1 is 0.814 bits per heavy atom. The van der Waals surface area contributed by atoms with Crippen LogP contribution in [0.5, 0.6) is 0 Å². The van der Waals surface area contributed by atoms with Crippen LogP contribution in [0.1, 0.15) is 58.3 Å². The topological polar surface area (TPSA) is 236 Å². The molecule has 0 spiro atoms. The minimum atomic E-state index is -1.45. The Morgan fingerprint density at radius 3 is 2.12 bits per heavy atom. The first kappa shape index (κ1) is 35.6. The molecule has 0 radical (unpaired) electrons. The van der Waals surface area contributed by atoms with Crippen molar-refractivity contribution in [1.82, 2.24) is 9.96 Å². The monoisotopic (exact) mass is 622 g/mol. The number of carbonyl (C=O) groups is 3. The zero-order chi connectivity index (χ0) is 31.7. The summed E-state index contributed by atoms with van der Waals surface area (Å²) in [6.45, 7) is 2.62. The van der Waals surface area contributed by atoms with E-state index in [-0.39, 0.29) is 25.9 Å². The second-order valence-corrected chi connectivity index (χ2v) is 11.3. The molecular formula is C27H46N2O14. The minimum Gasteiger partial charge on any atom is -0.394 e. The van der Waals surface area contributed by atoms with Crippen LogP contribution in [0.25, 0.3) is 0 Å². The number of aliphatic hydroxyl groups excluding tert-OH is 7. The molecule has 3 saturated heterocycles. The van der Waals surface area contributed by atoms with Crippen molar-refractivity contribution in [3.63, 3.8) is 0 Å². The van der Waals surface area contributed by atoms with Gasteiger partial charge >= 0.3 is 5.97 Å². The summed E-state index contributed by atoms with van der Waals surface area (Å²) in [7, 11) is 0. The molecule has 3 rings (SSSR count). The van der Waals surface area contributed by atoms with Crippen molar-refractivity contribution in [3.8, 4) is 0 Å². The number of hydroxylamine groups is 2. The molecular weight excluding hydrogens is 576 g/mol. The van der Waals surface area contributed by atoms with Gasteiger partial charge in [0.05, 0.1) is 25.4 Å². The van der Waals surface area contributed by atoms with Crippen molar-refractivity contribution in [2.75, 3.05) is 32.8 Å². The summed E-state index contributed by atoms with van der Waals surface area (Å²) >= 11 is 0. The Bertz CT molecular complexity index is 893. The lowest BCUT2D eigenvalue weighted by Crippen LogP contribution is -2.58. The maximum atomic E-state index is 12.0. The molecule has 3 heterocycles. The summed E-state index contributed by atoms with van der Waals surface area (Å²) in [5, 5.41) is 70.4. The Labute approximate surface area is 249 Å². The fourth-order valence-electron chi connectivity index (χ4n) is 5.30. The van der Waals surface area contributed by atoms with Crippen molar-refractivity contribution < 1.29 is 69.2 Å². The maximum absolute atomic E-state index is 12.0. The van der Waals surface area contributed by atoms with Gasteiger partial charge in [0, 0.05) is 25.8 Å². The summed E-state index contributed by atoms with van der Waals surface area (Å²) in [4.78, 5) is 42.1. The molecule has 0 aromatic rings. The molecule has 0 aromatic heterocycles. The second kappa shape index (κ2) is 17.0. The van der Waals surface area contributed by atoms with E-state index in [1.54, 1.807) is 6.92 Å². The summed E-state index contributed by atoms with van der Waals surface area (Å²) in [6, 6.07) is 0. The van der Waals surface area contributed by atoms with Gasteiger partial charge in [-0.2, -0.15) is 0 Å². The predicted molar refractivity (Wildman–Crippen MR) is 143 cm³/mol. The molecule has 2 amide bonds. The van der Waals surface area contributed by atoms with Crippen molar-refractivity contribution in [2.45, 2.75) is 120 Å². The summed E-state index contributed by atoms with van der Waals surface area (Å²) < 4.78 is 16.7. The average Bonchev–Trinajstić information content (AvgIpc) is 3.30. The van der Waals surface area contributed by atoms with Gasteiger partial charge in [0.2, 0.25) is 0 Å². The van der Waals surface area contributed by atoms with E-state index in [0.29, 0.717) is 56.8 Å². The van der Waals surface area contributed by atoms with Crippen LogP contribution in [0, 0.1) is 0 Å². The summed E-state index contributed by atoms with van der Waals surface area (Å²) in [5.41, 5.74) is 0. The van der Waals surface area contributed by atoms with E-state index in [4.69, 9.17) is 19.0 Å². The van der Waals surface area contributed by atoms with Crippen molar-refractivity contribution in [3.05, 3.63) is 0 Å². The van der Waals surface area contributed by atoms with E-state index >= 15 is 0 Å². The van der Waals surface area contributed by atoms with Crippen molar-refractivity contribution >= 4 is 17.8 Å². The van der Waals surface area contributed by atoms with Gasteiger partial charge in [-0.25, -0.2) is 4.79 Å². The smallest absolute Gasteiger partial charge is 0.333 e. The third-order valence-corrected chi connectivity index (χ3v) is 8.01. The van der Waals surface area contributed by atoms with E-state index < -0.39 is 85.6 Å². The van der Waals surface area contributed by atoms with Crippen LogP contribution in [-0.4, -0.2) is 158 Å². The highest BCUT2D eigenvalue weighted by molar-refractivity contribution is 6.01. The van der Waals surface area contributed by atoms with Gasteiger partial charge in [0.1, 0.15) is 42.7 Å². The normalized spacial score (nSPS) is 35.1. The van der Waals surface area contributed by atoms with E-state index in [0.717, 1.165) is 0 Å². The van der Waals surface area contributed by atoms with E-state index in [1.807, 2.05) is 4.90 Å². The average molecular weight is 623 g/mol. The van der Waals surface area contributed by atoms with Crippen LogP contribution in [0.2, 0.25) is 0 Å². The molecule has 43 heavy (non-hydrogen) atoms. The van der Waals surface area contributed by atoms with Crippen LogP contribution in [0.15, 0.2) is 0 Å². The fraction of sp³-hybridized carbons (Fsp3) is 0.889. The molecule has 0 aromatic carbocycles. The number of carbonyl (C=O) groups excluding carboxylic acids is 3. The maximum Gasteiger partial charge on any atom is 0.333 e. The highest BCUT2D eigenvalue weighted by Gasteiger charge is 2.44. The third kappa shape index (κ3) is 9.83. The van der Waals surface area contributed by atoms with Crippen LogP contribution in [0.4, 0.5) is 0 Å². The molecule has 248 valence electrons. The van der Waals surface area contributed by atoms with Gasteiger partial charge in [0.15, 0.2) is 6.29 Å². The fourth-order valence-corrected chi connectivity index (χ4v) is 5.30. The molecule has 0 aliphatic carbocycles. The van der Waals surface area contributed by atoms with E-state index in [9.17, 15) is 50.1 Å². The molecule has 0 saturated carbocycles. The van der Waals surface area contributed by atoms with Gasteiger partial charge in [-0.1, -0.05) is 6.42 Å². The Hall–Kier alpha value is -1.83. The van der Waals surface area contributed by atoms with Gasteiger partial charge < -0.3 is 59.7 Å². The summed E-state index contributed by atoms with van der Waals surface area (Å²) in [5.74, 6) is -1.74.